The van der Waals surface area contributed by atoms with Gasteiger partial charge in [-0.05, 0) is 14.1 Å². The van der Waals surface area contributed by atoms with Crippen LogP contribution in [0.15, 0.2) is 12.5 Å². The van der Waals surface area contributed by atoms with Gasteiger partial charge in [0, 0.05) is 6.20 Å². The molecule has 13 heavy (non-hydrogen) atoms. The zero-order chi connectivity index (χ0) is 9.84. The summed E-state index contributed by atoms with van der Waals surface area (Å²) in [7, 11) is 3.68. The van der Waals surface area contributed by atoms with Crippen molar-refractivity contribution in [2.45, 2.75) is 12.5 Å². The minimum absolute atomic E-state index is 0.0786. The molecule has 1 rings (SSSR count). The molecule has 1 unspecified atom stereocenters. The summed E-state index contributed by atoms with van der Waals surface area (Å²) in [6.45, 7) is 0. The molecule has 0 radical (unpaired) electrons. The quantitative estimate of drug-likeness (QED) is 0.712. The highest BCUT2D eigenvalue weighted by Gasteiger charge is 2.18. The fourth-order valence-electron chi connectivity index (χ4n) is 1.18. The molecule has 0 aliphatic rings. The Morgan fingerprint density at radius 2 is 2.46 bits per heavy atom. The predicted octanol–water partition coefficient (Wildman–Crippen LogP) is 0.487. The van der Waals surface area contributed by atoms with Gasteiger partial charge < -0.3 is 15.0 Å². The average molecular weight is 183 g/mol. The normalized spacial score (nSPS) is 13.2. The number of hydrogen-bond donors (Lipinski definition) is 2. The lowest BCUT2D eigenvalue weighted by Crippen LogP contribution is -2.23. The molecule has 72 valence electrons. The van der Waals surface area contributed by atoms with Gasteiger partial charge in [0.2, 0.25) is 0 Å². The third kappa shape index (κ3) is 2.55. The molecule has 0 fully saturated rings. The number of nitrogens with zero attached hydrogens (tertiary/aromatic N) is 2. The smallest absolute Gasteiger partial charge is 0.305 e. The van der Waals surface area contributed by atoms with Gasteiger partial charge in [0.15, 0.2) is 0 Å². The van der Waals surface area contributed by atoms with Crippen LogP contribution in [0.1, 0.15) is 18.2 Å². The number of hydrogen-bond acceptors (Lipinski definition) is 3. The van der Waals surface area contributed by atoms with E-state index in [0.29, 0.717) is 0 Å². The van der Waals surface area contributed by atoms with Crippen molar-refractivity contribution in [1.82, 2.24) is 14.9 Å². The van der Waals surface area contributed by atoms with Gasteiger partial charge in [-0.25, -0.2) is 4.98 Å². The van der Waals surface area contributed by atoms with Crippen molar-refractivity contribution in [3.05, 3.63) is 18.2 Å². The molecule has 2 N–H and O–H groups in total. The van der Waals surface area contributed by atoms with Gasteiger partial charge >= 0.3 is 5.97 Å². The summed E-state index contributed by atoms with van der Waals surface area (Å²) in [6.07, 6.45) is 3.27. The second-order valence-corrected chi connectivity index (χ2v) is 3.08. The highest BCUT2D eigenvalue weighted by molar-refractivity contribution is 5.67. The fraction of sp³-hybridized carbons (Fsp3) is 0.500. The SMILES string of the molecule is CN(C)C(CC(=O)O)c1cnc[nH]1. The Balaban J connectivity index is 2.74. The number of aliphatic carboxylic acids is 1. The van der Waals surface area contributed by atoms with Crippen LogP contribution in [-0.2, 0) is 4.79 Å². The fourth-order valence-corrected chi connectivity index (χ4v) is 1.18. The van der Waals surface area contributed by atoms with Crippen molar-refractivity contribution < 1.29 is 9.90 Å². The Hall–Kier alpha value is -1.36. The Labute approximate surface area is 76.4 Å². The standard InChI is InChI=1S/C8H13N3O2/c1-11(2)7(3-8(12)13)6-4-9-5-10-6/h4-5,7H,3H2,1-2H3,(H,9,10)(H,12,13). The number of aromatic nitrogens is 2. The molecule has 0 aromatic carbocycles. The van der Waals surface area contributed by atoms with E-state index in [1.165, 1.54) is 0 Å². The van der Waals surface area contributed by atoms with Crippen molar-refractivity contribution in [1.29, 1.82) is 0 Å². The van der Waals surface area contributed by atoms with Gasteiger partial charge in [-0.15, -0.1) is 0 Å². The summed E-state index contributed by atoms with van der Waals surface area (Å²) in [4.78, 5) is 19.2. The number of aromatic amines is 1. The van der Waals surface area contributed by atoms with Crippen molar-refractivity contribution in [2.75, 3.05) is 14.1 Å². The van der Waals surface area contributed by atoms with E-state index in [1.807, 2.05) is 19.0 Å². The first-order valence-electron chi connectivity index (χ1n) is 3.97. The van der Waals surface area contributed by atoms with E-state index in [1.54, 1.807) is 12.5 Å². The van der Waals surface area contributed by atoms with Crippen molar-refractivity contribution >= 4 is 5.97 Å². The zero-order valence-electron chi connectivity index (χ0n) is 7.69. The van der Waals surface area contributed by atoms with E-state index in [2.05, 4.69) is 9.97 Å². The van der Waals surface area contributed by atoms with E-state index >= 15 is 0 Å². The molecule has 1 aromatic rings. The summed E-state index contributed by atoms with van der Waals surface area (Å²) < 4.78 is 0. The topological polar surface area (TPSA) is 69.2 Å². The molecule has 0 aliphatic carbocycles. The minimum atomic E-state index is -0.812. The van der Waals surface area contributed by atoms with Gasteiger partial charge in [-0.1, -0.05) is 0 Å². The Morgan fingerprint density at radius 1 is 1.77 bits per heavy atom. The maximum Gasteiger partial charge on any atom is 0.305 e. The number of carboxylic acid groups (broad SMARTS) is 1. The molecule has 1 aromatic heterocycles. The Morgan fingerprint density at radius 3 is 2.85 bits per heavy atom. The Kier molecular flexibility index (Phi) is 3.02. The molecule has 0 amide bonds. The number of carbonyl (C=O) groups is 1. The first-order valence-corrected chi connectivity index (χ1v) is 3.97. The van der Waals surface area contributed by atoms with Gasteiger partial charge in [0.05, 0.1) is 24.5 Å². The van der Waals surface area contributed by atoms with Crippen LogP contribution in [0, 0.1) is 0 Å². The largest absolute Gasteiger partial charge is 0.481 e. The molecular weight excluding hydrogens is 170 g/mol. The number of nitrogens with one attached hydrogen (secondary N) is 1. The summed E-state index contributed by atoms with van der Waals surface area (Å²) in [5, 5.41) is 8.67. The van der Waals surface area contributed by atoms with Crippen LogP contribution in [0.4, 0.5) is 0 Å². The number of rotatable bonds is 4. The second kappa shape index (κ2) is 4.04. The van der Waals surface area contributed by atoms with Gasteiger partial charge in [0.25, 0.3) is 0 Å². The second-order valence-electron chi connectivity index (χ2n) is 3.08. The molecule has 0 saturated heterocycles. The van der Waals surface area contributed by atoms with E-state index < -0.39 is 5.97 Å². The van der Waals surface area contributed by atoms with E-state index in [-0.39, 0.29) is 12.5 Å². The summed E-state index contributed by atoms with van der Waals surface area (Å²) in [5.74, 6) is -0.812. The van der Waals surface area contributed by atoms with E-state index in [0.717, 1.165) is 5.69 Å². The molecule has 0 bridgehead atoms. The van der Waals surface area contributed by atoms with Crippen molar-refractivity contribution in [2.24, 2.45) is 0 Å². The van der Waals surface area contributed by atoms with Gasteiger partial charge in [-0.3, -0.25) is 4.79 Å². The third-order valence-corrected chi connectivity index (χ3v) is 1.87. The summed E-state index contributed by atoms with van der Waals surface area (Å²) >= 11 is 0. The van der Waals surface area contributed by atoms with Crippen LogP contribution in [0.3, 0.4) is 0 Å². The van der Waals surface area contributed by atoms with Crippen LogP contribution < -0.4 is 0 Å². The van der Waals surface area contributed by atoms with Crippen LogP contribution in [-0.4, -0.2) is 40.0 Å². The molecule has 0 aliphatic heterocycles. The predicted molar refractivity (Wildman–Crippen MR) is 47.3 cm³/mol. The monoisotopic (exact) mass is 183 g/mol. The minimum Gasteiger partial charge on any atom is -0.481 e. The van der Waals surface area contributed by atoms with E-state index in [9.17, 15) is 4.79 Å². The number of carboxylic acids is 1. The first-order chi connectivity index (χ1) is 6.11. The van der Waals surface area contributed by atoms with E-state index in [4.69, 9.17) is 5.11 Å². The number of imidazole rings is 1. The summed E-state index contributed by atoms with van der Waals surface area (Å²) in [5.41, 5.74) is 0.826. The van der Waals surface area contributed by atoms with Crippen LogP contribution >= 0.6 is 0 Å². The van der Waals surface area contributed by atoms with Gasteiger partial charge in [-0.2, -0.15) is 0 Å². The maximum absolute atomic E-state index is 10.5. The lowest BCUT2D eigenvalue weighted by Gasteiger charge is -2.20. The summed E-state index contributed by atoms with van der Waals surface area (Å²) in [6, 6.07) is -0.139. The molecular formula is C8H13N3O2. The highest BCUT2D eigenvalue weighted by Crippen LogP contribution is 2.18. The molecule has 0 saturated carbocycles. The lowest BCUT2D eigenvalue weighted by atomic mass is 10.1. The molecule has 5 nitrogen and oxygen atoms in total. The molecule has 1 atom stereocenters. The molecule has 5 heteroatoms. The van der Waals surface area contributed by atoms with Crippen molar-refractivity contribution in [3.8, 4) is 0 Å². The average Bonchev–Trinajstić information content (AvgIpc) is 2.50. The van der Waals surface area contributed by atoms with Crippen molar-refractivity contribution in [3.63, 3.8) is 0 Å². The maximum atomic E-state index is 10.5. The van der Waals surface area contributed by atoms with Crippen LogP contribution in [0.25, 0.3) is 0 Å². The number of H-pyrrole nitrogens is 1. The molecule has 1 heterocycles. The zero-order valence-corrected chi connectivity index (χ0v) is 7.69. The highest BCUT2D eigenvalue weighted by atomic mass is 16.4. The molecule has 0 spiro atoms. The van der Waals surface area contributed by atoms with Crippen LogP contribution in [0.5, 0.6) is 0 Å². The lowest BCUT2D eigenvalue weighted by molar-refractivity contribution is -0.138. The third-order valence-electron chi connectivity index (χ3n) is 1.87. The Bertz CT molecular complexity index is 269. The van der Waals surface area contributed by atoms with Gasteiger partial charge in [0.1, 0.15) is 0 Å². The van der Waals surface area contributed by atoms with Crippen LogP contribution in [0.2, 0.25) is 0 Å². The first kappa shape index (κ1) is 9.73.